The monoisotopic (exact) mass is 615 g/mol. The molecule has 0 unspecified atom stereocenters. The van der Waals surface area contributed by atoms with Crippen LogP contribution in [0.3, 0.4) is 0 Å². The van der Waals surface area contributed by atoms with Crippen molar-refractivity contribution in [1.82, 2.24) is 18.8 Å². The SMILES string of the molecule is COc1cc(OC)nc(NC(=O)NS(=O)(=O)NS(=O)(=O)c2ccccc2CCOS(=O)(=O)c2ccc(C)cc2)n1. The van der Waals surface area contributed by atoms with Gasteiger partial charge in [0.15, 0.2) is 0 Å². The number of aryl methyl sites for hydroxylation is 1. The molecule has 0 aliphatic carbocycles. The first kappa shape index (κ1) is 30.7. The molecule has 2 amide bonds. The molecule has 0 aliphatic rings. The molecular weight excluding hydrogens is 590 g/mol. The first-order valence-electron chi connectivity index (χ1n) is 11.1. The van der Waals surface area contributed by atoms with E-state index < -0.39 is 53.8 Å². The largest absolute Gasteiger partial charge is 0.481 e. The molecule has 2 aromatic carbocycles. The Bertz CT molecular complexity index is 1670. The van der Waals surface area contributed by atoms with Crippen molar-refractivity contribution in [3.63, 3.8) is 0 Å². The second kappa shape index (κ2) is 12.6. The van der Waals surface area contributed by atoms with Gasteiger partial charge in [0.2, 0.25) is 17.7 Å². The Hall–Kier alpha value is -3.84. The molecule has 3 rings (SSSR count). The number of anilines is 1. The maximum atomic E-state index is 12.9. The fraction of sp³-hybridized carbons (Fsp3) is 0.227. The summed E-state index contributed by atoms with van der Waals surface area (Å²) in [6.45, 7) is 1.36. The number of sulfonamides is 1. The van der Waals surface area contributed by atoms with E-state index in [9.17, 15) is 30.0 Å². The van der Waals surface area contributed by atoms with E-state index in [0.717, 1.165) is 11.6 Å². The van der Waals surface area contributed by atoms with Crippen LogP contribution >= 0.6 is 0 Å². The Morgan fingerprint density at radius 1 is 0.875 bits per heavy atom. The maximum absolute atomic E-state index is 12.9. The molecule has 40 heavy (non-hydrogen) atoms. The lowest BCUT2D eigenvalue weighted by molar-refractivity contribution is 0.256. The Labute approximate surface area is 231 Å². The number of amides is 2. The number of aromatic nitrogens is 2. The summed E-state index contributed by atoms with van der Waals surface area (Å²) in [6.07, 6.45) is -0.203. The Balaban J connectivity index is 1.69. The molecular formula is C22H25N5O10S3. The van der Waals surface area contributed by atoms with Crippen molar-refractivity contribution < 1.29 is 43.7 Å². The fourth-order valence-electron chi connectivity index (χ4n) is 3.14. The third-order valence-corrected chi connectivity index (χ3v) is 9.46. The van der Waals surface area contributed by atoms with E-state index in [1.807, 2.05) is 5.32 Å². The van der Waals surface area contributed by atoms with Crippen LogP contribution in [0.2, 0.25) is 0 Å². The summed E-state index contributed by atoms with van der Waals surface area (Å²) in [5.74, 6) is -0.395. The first-order valence-corrected chi connectivity index (χ1v) is 15.5. The molecule has 0 fully saturated rings. The zero-order valence-corrected chi connectivity index (χ0v) is 23.8. The molecule has 0 spiro atoms. The minimum Gasteiger partial charge on any atom is -0.481 e. The molecule has 1 aromatic heterocycles. The third-order valence-electron chi connectivity index (χ3n) is 4.95. The Kier molecular flexibility index (Phi) is 9.64. The van der Waals surface area contributed by atoms with Crippen molar-refractivity contribution in [3.05, 3.63) is 65.7 Å². The van der Waals surface area contributed by atoms with Crippen molar-refractivity contribution in [2.75, 3.05) is 26.1 Å². The van der Waals surface area contributed by atoms with Crippen LogP contribution in [0, 0.1) is 6.92 Å². The van der Waals surface area contributed by atoms with Crippen LogP contribution in [0.4, 0.5) is 10.7 Å². The Morgan fingerprint density at radius 3 is 2.08 bits per heavy atom. The van der Waals surface area contributed by atoms with Gasteiger partial charge in [-0.25, -0.2) is 17.9 Å². The van der Waals surface area contributed by atoms with Crippen molar-refractivity contribution in [2.45, 2.75) is 23.1 Å². The molecule has 0 aliphatic heterocycles. The van der Waals surface area contributed by atoms with E-state index in [1.54, 1.807) is 19.1 Å². The van der Waals surface area contributed by atoms with E-state index in [1.165, 1.54) is 59.5 Å². The van der Waals surface area contributed by atoms with Gasteiger partial charge in [-0.3, -0.25) is 9.50 Å². The summed E-state index contributed by atoms with van der Waals surface area (Å²) in [6, 6.07) is 11.1. The van der Waals surface area contributed by atoms with Gasteiger partial charge >= 0.3 is 16.2 Å². The van der Waals surface area contributed by atoms with Crippen LogP contribution in [0.1, 0.15) is 11.1 Å². The van der Waals surface area contributed by atoms with Gasteiger partial charge in [-0.2, -0.15) is 26.8 Å². The molecule has 0 bridgehead atoms. The number of nitrogens with one attached hydrogen (secondary N) is 3. The highest BCUT2D eigenvalue weighted by Gasteiger charge is 2.27. The Morgan fingerprint density at radius 2 is 1.48 bits per heavy atom. The molecule has 0 radical (unpaired) electrons. The third kappa shape index (κ3) is 8.33. The van der Waals surface area contributed by atoms with Gasteiger partial charge in [-0.15, -0.1) is 0 Å². The molecule has 3 aromatic rings. The number of rotatable bonds is 12. The summed E-state index contributed by atoms with van der Waals surface area (Å²) in [5.41, 5.74) is 0.909. The van der Waals surface area contributed by atoms with E-state index >= 15 is 0 Å². The summed E-state index contributed by atoms with van der Waals surface area (Å²) in [7, 11) is -11.3. The minimum absolute atomic E-state index is 0.00189. The predicted molar refractivity (Wildman–Crippen MR) is 141 cm³/mol. The number of hydrogen-bond acceptors (Lipinski definition) is 12. The van der Waals surface area contributed by atoms with Crippen LogP contribution in [-0.4, -0.2) is 62.1 Å². The maximum Gasteiger partial charge on any atom is 0.336 e. The molecule has 0 saturated heterocycles. The second-order valence-electron chi connectivity index (χ2n) is 7.87. The van der Waals surface area contributed by atoms with Crippen molar-refractivity contribution >= 4 is 42.3 Å². The van der Waals surface area contributed by atoms with Crippen molar-refractivity contribution in [1.29, 1.82) is 0 Å². The number of methoxy groups -OCH3 is 2. The highest BCUT2D eigenvalue weighted by Crippen LogP contribution is 2.19. The average Bonchev–Trinajstić information content (AvgIpc) is 2.87. The molecule has 1 heterocycles. The normalized spacial score (nSPS) is 12.0. The van der Waals surface area contributed by atoms with E-state index in [2.05, 4.69) is 9.97 Å². The molecule has 15 nitrogen and oxygen atoms in total. The highest BCUT2D eigenvalue weighted by atomic mass is 32.3. The zero-order valence-electron chi connectivity index (χ0n) is 21.3. The molecule has 18 heteroatoms. The molecule has 0 saturated carbocycles. The number of hydrogen-bond donors (Lipinski definition) is 3. The predicted octanol–water partition coefficient (Wildman–Crippen LogP) is 1.10. The summed E-state index contributed by atoms with van der Waals surface area (Å²) in [4.78, 5) is 19.3. The molecule has 0 atom stereocenters. The van der Waals surface area contributed by atoms with Crippen molar-refractivity contribution in [3.8, 4) is 11.8 Å². The number of urea groups is 1. The van der Waals surface area contributed by atoms with Crippen LogP contribution in [0.15, 0.2) is 64.4 Å². The van der Waals surface area contributed by atoms with Crippen LogP contribution in [-0.2, 0) is 41.0 Å². The van der Waals surface area contributed by atoms with Crippen molar-refractivity contribution in [2.24, 2.45) is 0 Å². The number of nitrogens with zero attached hydrogens (tertiary/aromatic N) is 2. The van der Waals surface area contributed by atoms with Gasteiger partial charge in [-0.05, 0) is 37.1 Å². The average molecular weight is 616 g/mol. The van der Waals surface area contributed by atoms with Gasteiger partial charge in [0.05, 0.1) is 36.7 Å². The molecule has 3 N–H and O–H groups in total. The number of carbonyl (C=O) groups is 1. The lowest BCUT2D eigenvalue weighted by atomic mass is 10.2. The van der Waals surface area contributed by atoms with E-state index in [0.29, 0.717) is 0 Å². The fourth-order valence-corrected chi connectivity index (χ4v) is 6.79. The van der Waals surface area contributed by atoms with E-state index in [-0.39, 0.29) is 28.6 Å². The molecule has 216 valence electrons. The summed E-state index contributed by atoms with van der Waals surface area (Å²) in [5, 5.41) is 2.02. The lowest BCUT2D eigenvalue weighted by Crippen LogP contribution is -2.45. The van der Waals surface area contributed by atoms with Gasteiger partial charge in [0, 0.05) is 0 Å². The van der Waals surface area contributed by atoms with Gasteiger partial charge in [0.1, 0.15) is 0 Å². The summed E-state index contributed by atoms with van der Waals surface area (Å²) < 4.78 is 93.3. The summed E-state index contributed by atoms with van der Waals surface area (Å²) >= 11 is 0. The van der Waals surface area contributed by atoms with E-state index in [4.69, 9.17) is 13.7 Å². The van der Waals surface area contributed by atoms with Crippen LogP contribution in [0.5, 0.6) is 11.8 Å². The van der Waals surface area contributed by atoms with Gasteiger partial charge in [0.25, 0.3) is 20.1 Å². The smallest absolute Gasteiger partial charge is 0.336 e. The quantitative estimate of drug-likeness (QED) is 0.245. The highest BCUT2D eigenvalue weighted by molar-refractivity contribution is 8.04. The lowest BCUT2D eigenvalue weighted by Gasteiger charge is -2.13. The first-order chi connectivity index (χ1) is 18.7. The standard InChI is InChI=1S/C22H25N5O10S3/c1-15-8-10-17(11-9-15)39(31,32)37-13-12-16-6-4-5-7-18(16)38(29,30)27-40(33,34)26-22(28)25-21-23-19(35-2)14-20(24-21)36-3/h4-11,14,27H,12-13H2,1-3H3,(H2,23,24,25,26,28). The number of carbonyl (C=O) groups excluding carboxylic acids is 1. The van der Waals surface area contributed by atoms with Crippen LogP contribution < -0.4 is 23.6 Å². The van der Waals surface area contributed by atoms with Gasteiger partial charge < -0.3 is 9.47 Å². The second-order valence-corrected chi connectivity index (χ2v) is 12.8. The minimum atomic E-state index is -4.98. The topological polar surface area (TPSA) is 209 Å². The van der Waals surface area contributed by atoms with Crippen LogP contribution in [0.25, 0.3) is 0 Å². The number of ether oxygens (including phenoxy) is 2. The number of benzene rings is 2. The van der Waals surface area contributed by atoms with Gasteiger partial charge in [-0.1, -0.05) is 40.0 Å². The zero-order chi connectivity index (χ0) is 29.6.